The average Bonchev–Trinajstić information content (AvgIpc) is 2.89. The first-order chi connectivity index (χ1) is 17.8. The lowest BCUT2D eigenvalue weighted by Gasteiger charge is -2.27. The van der Waals surface area contributed by atoms with E-state index in [0.29, 0.717) is 0 Å². The summed E-state index contributed by atoms with van der Waals surface area (Å²) in [4.78, 5) is 5.53. The van der Waals surface area contributed by atoms with E-state index in [-0.39, 0.29) is 0 Å². The zero-order valence-electron chi connectivity index (χ0n) is 26.1. The summed E-state index contributed by atoms with van der Waals surface area (Å²) >= 11 is 0. The molecular formula is C34H72N2. The highest BCUT2D eigenvalue weighted by atomic mass is 15.2. The van der Waals surface area contributed by atoms with Crippen molar-refractivity contribution < 1.29 is 0 Å². The standard InChI is InChI=1S/C34H72N2/c1-5-9-12-15-17-19-21-23-25-28-31-36(34-33-35(8-4)30-27-14-11-7-3)32-29-26-24-22-20-18-16-13-10-6-2/h5-34H2,1-4H3. The molecule has 0 rings (SSSR count). The molecule has 0 aliphatic rings. The molecule has 0 aromatic rings. The molecule has 36 heavy (non-hydrogen) atoms. The maximum atomic E-state index is 2.82. The number of rotatable bonds is 31. The van der Waals surface area contributed by atoms with Crippen molar-refractivity contribution in [1.29, 1.82) is 0 Å². The van der Waals surface area contributed by atoms with Crippen molar-refractivity contribution in [2.75, 3.05) is 39.3 Å². The third-order valence-corrected chi connectivity index (χ3v) is 8.16. The van der Waals surface area contributed by atoms with E-state index >= 15 is 0 Å². The van der Waals surface area contributed by atoms with Gasteiger partial charge in [-0.3, -0.25) is 0 Å². The van der Waals surface area contributed by atoms with Crippen LogP contribution in [0.3, 0.4) is 0 Å². The predicted octanol–water partition coefficient (Wildman–Crippen LogP) is 11.0. The molecule has 0 atom stereocenters. The van der Waals surface area contributed by atoms with Gasteiger partial charge >= 0.3 is 0 Å². The Kier molecular flexibility index (Phi) is 31.1. The van der Waals surface area contributed by atoms with Gasteiger partial charge in [-0.05, 0) is 45.4 Å². The van der Waals surface area contributed by atoms with Crippen LogP contribution in [0.15, 0.2) is 0 Å². The fourth-order valence-corrected chi connectivity index (χ4v) is 5.45. The molecule has 0 spiro atoms. The third kappa shape index (κ3) is 27.0. The molecule has 0 radical (unpaired) electrons. The van der Waals surface area contributed by atoms with Crippen molar-refractivity contribution >= 4 is 0 Å². The van der Waals surface area contributed by atoms with Gasteiger partial charge in [0.25, 0.3) is 0 Å². The molecule has 0 saturated carbocycles. The highest BCUT2D eigenvalue weighted by Crippen LogP contribution is 2.13. The molecule has 0 amide bonds. The van der Waals surface area contributed by atoms with Gasteiger partial charge in [0, 0.05) is 13.1 Å². The maximum absolute atomic E-state index is 2.82. The van der Waals surface area contributed by atoms with Crippen LogP contribution in [0.5, 0.6) is 0 Å². The van der Waals surface area contributed by atoms with Crippen LogP contribution >= 0.6 is 0 Å². The van der Waals surface area contributed by atoms with Crippen LogP contribution in [-0.2, 0) is 0 Å². The van der Waals surface area contributed by atoms with Crippen LogP contribution in [0.4, 0.5) is 0 Å². The Balaban J connectivity index is 4.08. The summed E-state index contributed by atoms with van der Waals surface area (Å²) in [6, 6.07) is 0. The lowest BCUT2D eigenvalue weighted by molar-refractivity contribution is 0.200. The smallest absolute Gasteiger partial charge is 0.0109 e. The summed E-state index contributed by atoms with van der Waals surface area (Å²) < 4.78 is 0. The van der Waals surface area contributed by atoms with E-state index in [4.69, 9.17) is 0 Å². The Hall–Kier alpha value is -0.0800. The van der Waals surface area contributed by atoms with Gasteiger partial charge in [-0.25, -0.2) is 0 Å². The van der Waals surface area contributed by atoms with Gasteiger partial charge < -0.3 is 9.80 Å². The van der Waals surface area contributed by atoms with Crippen LogP contribution in [0.2, 0.25) is 0 Å². The summed E-state index contributed by atoms with van der Waals surface area (Å²) in [6.07, 6.45) is 34.4. The molecule has 0 aliphatic heterocycles. The van der Waals surface area contributed by atoms with Crippen molar-refractivity contribution in [2.24, 2.45) is 0 Å². The van der Waals surface area contributed by atoms with E-state index in [1.807, 2.05) is 0 Å². The Morgan fingerprint density at radius 2 is 0.500 bits per heavy atom. The van der Waals surface area contributed by atoms with Crippen molar-refractivity contribution in [3.8, 4) is 0 Å². The molecule has 0 N–H and O–H groups in total. The van der Waals surface area contributed by atoms with Gasteiger partial charge in [0.2, 0.25) is 0 Å². The van der Waals surface area contributed by atoms with Crippen molar-refractivity contribution in [3.63, 3.8) is 0 Å². The molecule has 0 saturated heterocycles. The minimum Gasteiger partial charge on any atom is -0.302 e. The summed E-state index contributed by atoms with van der Waals surface area (Å²) in [5.41, 5.74) is 0. The van der Waals surface area contributed by atoms with Crippen LogP contribution in [0, 0.1) is 0 Å². The first kappa shape index (κ1) is 35.9. The fourth-order valence-electron chi connectivity index (χ4n) is 5.45. The zero-order chi connectivity index (χ0) is 26.4. The Morgan fingerprint density at radius 1 is 0.250 bits per heavy atom. The van der Waals surface area contributed by atoms with E-state index in [0.717, 1.165) is 0 Å². The topological polar surface area (TPSA) is 6.48 Å². The average molecular weight is 509 g/mol. The predicted molar refractivity (Wildman–Crippen MR) is 166 cm³/mol. The van der Waals surface area contributed by atoms with E-state index in [1.165, 1.54) is 193 Å². The van der Waals surface area contributed by atoms with Gasteiger partial charge in [0.15, 0.2) is 0 Å². The van der Waals surface area contributed by atoms with Crippen LogP contribution in [0.1, 0.15) is 182 Å². The first-order valence-electron chi connectivity index (χ1n) is 17.2. The van der Waals surface area contributed by atoms with Gasteiger partial charge in [-0.15, -0.1) is 0 Å². The molecule has 0 fully saturated rings. The molecule has 2 nitrogen and oxygen atoms in total. The Labute approximate surface area is 230 Å². The molecular weight excluding hydrogens is 436 g/mol. The molecule has 0 aromatic heterocycles. The number of hydrogen-bond acceptors (Lipinski definition) is 2. The lowest BCUT2D eigenvalue weighted by atomic mass is 10.1. The maximum Gasteiger partial charge on any atom is 0.0109 e. The lowest BCUT2D eigenvalue weighted by Crippen LogP contribution is -2.36. The highest BCUT2D eigenvalue weighted by molar-refractivity contribution is 4.64. The van der Waals surface area contributed by atoms with Crippen molar-refractivity contribution in [1.82, 2.24) is 9.80 Å². The summed E-state index contributed by atoms with van der Waals surface area (Å²) in [6.45, 7) is 17.1. The largest absolute Gasteiger partial charge is 0.302 e. The minimum absolute atomic E-state index is 1.22. The minimum atomic E-state index is 1.22. The Bertz CT molecular complexity index is 359. The molecule has 218 valence electrons. The van der Waals surface area contributed by atoms with Crippen LogP contribution < -0.4 is 0 Å². The first-order valence-corrected chi connectivity index (χ1v) is 17.2. The molecule has 0 unspecified atom stereocenters. The summed E-state index contributed by atoms with van der Waals surface area (Å²) in [5, 5.41) is 0. The van der Waals surface area contributed by atoms with E-state index < -0.39 is 0 Å². The van der Waals surface area contributed by atoms with Gasteiger partial charge in [0.05, 0.1) is 0 Å². The van der Waals surface area contributed by atoms with Crippen LogP contribution in [0.25, 0.3) is 0 Å². The Morgan fingerprint density at radius 3 is 0.833 bits per heavy atom. The van der Waals surface area contributed by atoms with Gasteiger partial charge in [0.1, 0.15) is 0 Å². The quantitative estimate of drug-likeness (QED) is 0.0859. The third-order valence-electron chi connectivity index (χ3n) is 8.16. The SMILES string of the molecule is CCCCCCCCCCCCN(CCCCCCCCCCCC)CCN(CC)CCCCCC. The second kappa shape index (κ2) is 31.1. The normalized spacial score (nSPS) is 11.8. The summed E-state index contributed by atoms with van der Waals surface area (Å²) in [5.74, 6) is 0. The van der Waals surface area contributed by atoms with Crippen molar-refractivity contribution in [2.45, 2.75) is 182 Å². The van der Waals surface area contributed by atoms with Gasteiger partial charge in [-0.2, -0.15) is 0 Å². The summed E-state index contributed by atoms with van der Waals surface area (Å²) in [7, 11) is 0. The number of likely N-dealkylation sites (N-methyl/N-ethyl adjacent to an activating group) is 1. The van der Waals surface area contributed by atoms with E-state index in [2.05, 4.69) is 37.5 Å². The molecule has 0 aromatic carbocycles. The molecule has 0 heterocycles. The second-order valence-corrected chi connectivity index (χ2v) is 11.7. The zero-order valence-corrected chi connectivity index (χ0v) is 26.1. The monoisotopic (exact) mass is 509 g/mol. The fraction of sp³-hybridized carbons (Fsp3) is 1.00. The molecule has 0 aliphatic carbocycles. The number of nitrogens with zero attached hydrogens (tertiary/aromatic N) is 2. The van der Waals surface area contributed by atoms with Gasteiger partial charge in [-0.1, -0.05) is 163 Å². The van der Waals surface area contributed by atoms with E-state index in [9.17, 15) is 0 Å². The highest BCUT2D eigenvalue weighted by Gasteiger charge is 2.08. The van der Waals surface area contributed by atoms with Crippen molar-refractivity contribution in [3.05, 3.63) is 0 Å². The van der Waals surface area contributed by atoms with Crippen LogP contribution in [-0.4, -0.2) is 49.1 Å². The molecule has 2 heteroatoms. The number of hydrogen-bond donors (Lipinski definition) is 0. The van der Waals surface area contributed by atoms with E-state index in [1.54, 1.807) is 0 Å². The number of unbranched alkanes of at least 4 members (excludes halogenated alkanes) is 21. The second-order valence-electron chi connectivity index (χ2n) is 11.7. The molecule has 0 bridgehead atoms.